The van der Waals surface area contributed by atoms with Gasteiger partial charge in [-0.3, -0.25) is 4.79 Å². The summed E-state index contributed by atoms with van der Waals surface area (Å²) >= 11 is 0. The minimum absolute atomic E-state index is 0.0312. The molecular weight excluding hydrogens is 206 g/mol. The topological polar surface area (TPSA) is 58.6 Å². The Balaban J connectivity index is 2.15. The van der Waals surface area contributed by atoms with E-state index >= 15 is 0 Å². The van der Waals surface area contributed by atoms with Crippen molar-refractivity contribution in [1.82, 2.24) is 5.32 Å². The van der Waals surface area contributed by atoms with E-state index in [1.165, 1.54) is 0 Å². The third-order valence-corrected chi connectivity index (χ3v) is 3.12. The molecule has 0 aromatic carbocycles. The summed E-state index contributed by atoms with van der Waals surface area (Å²) in [5.41, 5.74) is 0. The predicted molar refractivity (Wildman–Crippen MR) is 62.1 cm³/mol. The normalized spacial score (nSPS) is 25.4. The van der Waals surface area contributed by atoms with Crippen molar-refractivity contribution in [1.29, 1.82) is 0 Å². The Bertz CT molecular complexity index is 200. The maximum atomic E-state index is 11.5. The molecule has 0 aliphatic heterocycles. The van der Waals surface area contributed by atoms with Crippen molar-refractivity contribution in [3.63, 3.8) is 0 Å². The quantitative estimate of drug-likeness (QED) is 0.528. The Hall–Kier alpha value is -0.610. The smallest absolute Gasteiger partial charge is 0.308 e. The molecule has 1 aliphatic rings. The summed E-state index contributed by atoms with van der Waals surface area (Å²) in [6.45, 7) is 3.43. The Morgan fingerprint density at radius 2 is 2.06 bits per heavy atom. The molecule has 0 bridgehead atoms. The first kappa shape index (κ1) is 13.5. The fourth-order valence-electron chi connectivity index (χ4n) is 2.18. The molecule has 0 aromatic rings. The Kier molecular flexibility index (Phi) is 6.42. The number of hydrogen-bond donors (Lipinski definition) is 2. The largest absolute Gasteiger partial charge is 0.466 e. The summed E-state index contributed by atoms with van der Waals surface area (Å²) < 4.78 is 5.02. The van der Waals surface area contributed by atoms with Gasteiger partial charge in [0.15, 0.2) is 0 Å². The second-order valence-electron chi connectivity index (χ2n) is 4.33. The number of carbonyl (C=O) groups is 1. The first-order valence-corrected chi connectivity index (χ1v) is 6.28. The van der Waals surface area contributed by atoms with Crippen LogP contribution in [0.3, 0.4) is 0 Å². The average molecular weight is 229 g/mol. The van der Waals surface area contributed by atoms with Crippen LogP contribution < -0.4 is 5.32 Å². The third-order valence-electron chi connectivity index (χ3n) is 3.12. The van der Waals surface area contributed by atoms with E-state index in [1.54, 1.807) is 0 Å². The van der Waals surface area contributed by atoms with Crippen molar-refractivity contribution in [2.75, 3.05) is 19.8 Å². The molecule has 0 radical (unpaired) electrons. The lowest BCUT2D eigenvalue weighted by atomic mass is 9.86. The Morgan fingerprint density at radius 1 is 1.38 bits per heavy atom. The van der Waals surface area contributed by atoms with Gasteiger partial charge in [0.1, 0.15) is 0 Å². The third kappa shape index (κ3) is 4.49. The highest BCUT2D eigenvalue weighted by molar-refractivity contribution is 5.72. The number of rotatable bonds is 6. The van der Waals surface area contributed by atoms with Crippen LogP contribution in [0.1, 0.15) is 39.0 Å². The molecule has 1 fully saturated rings. The van der Waals surface area contributed by atoms with Crippen molar-refractivity contribution in [2.45, 2.75) is 45.1 Å². The van der Waals surface area contributed by atoms with Crippen LogP contribution in [-0.2, 0) is 9.53 Å². The van der Waals surface area contributed by atoms with Crippen LogP contribution in [0.2, 0.25) is 0 Å². The number of esters is 1. The van der Waals surface area contributed by atoms with Gasteiger partial charge in [-0.1, -0.05) is 0 Å². The molecule has 1 aliphatic carbocycles. The summed E-state index contributed by atoms with van der Waals surface area (Å²) in [7, 11) is 0. The molecule has 0 atom stereocenters. The van der Waals surface area contributed by atoms with Crippen LogP contribution in [0.15, 0.2) is 0 Å². The number of ether oxygens (including phenoxy) is 1. The van der Waals surface area contributed by atoms with Gasteiger partial charge >= 0.3 is 5.97 Å². The van der Waals surface area contributed by atoms with Crippen LogP contribution in [0.5, 0.6) is 0 Å². The molecule has 0 heterocycles. The first-order valence-electron chi connectivity index (χ1n) is 6.28. The molecular formula is C12H23NO3. The Labute approximate surface area is 97.4 Å². The van der Waals surface area contributed by atoms with E-state index < -0.39 is 0 Å². The maximum Gasteiger partial charge on any atom is 0.308 e. The molecule has 0 saturated heterocycles. The molecule has 4 heteroatoms. The lowest BCUT2D eigenvalue weighted by molar-refractivity contribution is -0.149. The summed E-state index contributed by atoms with van der Waals surface area (Å²) in [6, 6.07) is 0.511. The van der Waals surface area contributed by atoms with E-state index in [2.05, 4.69) is 5.32 Å². The van der Waals surface area contributed by atoms with Crippen molar-refractivity contribution < 1.29 is 14.6 Å². The molecule has 16 heavy (non-hydrogen) atoms. The zero-order chi connectivity index (χ0) is 11.8. The van der Waals surface area contributed by atoms with Crippen LogP contribution >= 0.6 is 0 Å². The second kappa shape index (κ2) is 7.63. The van der Waals surface area contributed by atoms with Gasteiger partial charge in [0.25, 0.3) is 0 Å². The van der Waals surface area contributed by atoms with E-state index in [0.29, 0.717) is 12.6 Å². The molecule has 2 N–H and O–H groups in total. The SMILES string of the molecule is CCOC(=O)C1CCC(NCCCO)CC1. The monoisotopic (exact) mass is 229 g/mol. The van der Waals surface area contributed by atoms with Gasteiger partial charge in [-0.25, -0.2) is 0 Å². The van der Waals surface area contributed by atoms with Crippen molar-refractivity contribution in [2.24, 2.45) is 5.92 Å². The lowest BCUT2D eigenvalue weighted by Gasteiger charge is -2.27. The van der Waals surface area contributed by atoms with E-state index in [9.17, 15) is 4.79 Å². The summed E-state index contributed by atoms with van der Waals surface area (Å²) in [5, 5.41) is 12.1. The van der Waals surface area contributed by atoms with Gasteiger partial charge in [0.05, 0.1) is 12.5 Å². The highest BCUT2D eigenvalue weighted by Gasteiger charge is 2.26. The highest BCUT2D eigenvalue weighted by Crippen LogP contribution is 2.25. The fourth-order valence-corrected chi connectivity index (χ4v) is 2.18. The fraction of sp³-hybridized carbons (Fsp3) is 0.917. The zero-order valence-electron chi connectivity index (χ0n) is 10.1. The molecule has 94 valence electrons. The number of hydrogen-bond acceptors (Lipinski definition) is 4. The second-order valence-corrected chi connectivity index (χ2v) is 4.33. The van der Waals surface area contributed by atoms with E-state index in [-0.39, 0.29) is 18.5 Å². The molecule has 4 nitrogen and oxygen atoms in total. The standard InChI is InChI=1S/C12H23NO3/c1-2-16-12(15)10-4-6-11(7-5-10)13-8-3-9-14/h10-11,13-14H,2-9H2,1H3. The minimum Gasteiger partial charge on any atom is -0.466 e. The van der Waals surface area contributed by atoms with Gasteiger partial charge in [-0.15, -0.1) is 0 Å². The molecule has 1 saturated carbocycles. The molecule has 1 rings (SSSR count). The predicted octanol–water partition coefficient (Wildman–Crippen LogP) is 1.08. The van der Waals surface area contributed by atoms with Crippen molar-refractivity contribution >= 4 is 5.97 Å². The zero-order valence-corrected chi connectivity index (χ0v) is 10.1. The van der Waals surface area contributed by atoms with E-state index in [4.69, 9.17) is 9.84 Å². The minimum atomic E-state index is -0.0312. The molecule has 0 unspecified atom stereocenters. The van der Waals surface area contributed by atoms with Crippen LogP contribution in [0.25, 0.3) is 0 Å². The molecule has 0 spiro atoms. The van der Waals surface area contributed by atoms with Crippen molar-refractivity contribution in [3.8, 4) is 0 Å². The Morgan fingerprint density at radius 3 is 2.62 bits per heavy atom. The van der Waals surface area contributed by atoms with Gasteiger partial charge in [0, 0.05) is 12.6 Å². The summed E-state index contributed by atoms with van der Waals surface area (Å²) in [5.74, 6) is 0.0761. The van der Waals surface area contributed by atoms with Gasteiger partial charge in [-0.2, -0.15) is 0 Å². The van der Waals surface area contributed by atoms with Crippen LogP contribution in [-0.4, -0.2) is 36.9 Å². The van der Waals surface area contributed by atoms with Crippen LogP contribution in [0.4, 0.5) is 0 Å². The number of aliphatic hydroxyl groups excluding tert-OH is 1. The van der Waals surface area contributed by atoms with Crippen molar-refractivity contribution in [3.05, 3.63) is 0 Å². The van der Waals surface area contributed by atoms with Crippen LogP contribution in [0, 0.1) is 5.92 Å². The highest BCUT2D eigenvalue weighted by atomic mass is 16.5. The summed E-state index contributed by atoms with van der Waals surface area (Å²) in [6.07, 6.45) is 4.73. The van der Waals surface area contributed by atoms with E-state index in [1.807, 2.05) is 6.92 Å². The summed E-state index contributed by atoms with van der Waals surface area (Å²) in [4.78, 5) is 11.5. The lowest BCUT2D eigenvalue weighted by Crippen LogP contribution is -2.36. The van der Waals surface area contributed by atoms with Gasteiger partial charge < -0.3 is 15.2 Å². The van der Waals surface area contributed by atoms with Gasteiger partial charge in [0.2, 0.25) is 0 Å². The van der Waals surface area contributed by atoms with Gasteiger partial charge in [-0.05, 0) is 45.6 Å². The number of nitrogens with one attached hydrogen (secondary N) is 1. The van der Waals surface area contributed by atoms with E-state index in [0.717, 1.165) is 38.6 Å². The molecule has 0 amide bonds. The first-order chi connectivity index (χ1) is 7.77. The number of carbonyl (C=O) groups excluding carboxylic acids is 1. The number of aliphatic hydroxyl groups is 1. The molecule has 0 aromatic heterocycles. The average Bonchev–Trinajstić information content (AvgIpc) is 2.30. The maximum absolute atomic E-state index is 11.5.